The van der Waals surface area contributed by atoms with Crippen molar-refractivity contribution in [3.8, 4) is 0 Å². The van der Waals surface area contributed by atoms with Gasteiger partial charge < -0.3 is 15.0 Å². The first kappa shape index (κ1) is 13.7. The first-order valence-electron chi connectivity index (χ1n) is 6.75. The molecule has 0 aliphatic rings. The standard InChI is InChI=1S/C16H22N2O/c1-4-18-12(2)8-15(13(18)3)10-17-16-7-5-6-14(9-16)11-19/h5-9,17,19H,4,10-11H2,1-3H3. The Balaban J connectivity index is 2.10. The van der Waals surface area contributed by atoms with E-state index in [2.05, 4.69) is 36.7 Å². The van der Waals surface area contributed by atoms with Gasteiger partial charge in [-0.2, -0.15) is 0 Å². The van der Waals surface area contributed by atoms with Gasteiger partial charge in [-0.1, -0.05) is 12.1 Å². The SMILES string of the molecule is CCn1c(C)cc(CNc2cccc(CO)c2)c1C. The average Bonchev–Trinajstić information content (AvgIpc) is 2.71. The van der Waals surface area contributed by atoms with E-state index in [9.17, 15) is 0 Å². The maximum atomic E-state index is 9.13. The number of aliphatic hydroxyl groups is 1. The van der Waals surface area contributed by atoms with E-state index >= 15 is 0 Å². The van der Waals surface area contributed by atoms with Crippen LogP contribution in [0, 0.1) is 13.8 Å². The highest BCUT2D eigenvalue weighted by Crippen LogP contribution is 2.17. The van der Waals surface area contributed by atoms with Crippen LogP contribution in [0.2, 0.25) is 0 Å². The molecule has 2 rings (SSSR count). The average molecular weight is 258 g/mol. The number of anilines is 1. The van der Waals surface area contributed by atoms with Crippen molar-refractivity contribution in [1.82, 2.24) is 4.57 Å². The van der Waals surface area contributed by atoms with Gasteiger partial charge in [-0.25, -0.2) is 0 Å². The van der Waals surface area contributed by atoms with Gasteiger partial charge in [0, 0.05) is 30.2 Å². The van der Waals surface area contributed by atoms with Crippen LogP contribution in [0.3, 0.4) is 0 Å². The molecule has 0 saturated carbocycles. The molecular formula is C16H22N2O. The van der Waals surface area contributed by atoms with Crippen molar-refractivity contribution >= 4 is 5.69 Å². The van der Waals surface area contributed by atoms with Crippen molar-refractivity contribution in [2.75, 3.05) is 5.32 Å². The number of benzene rings is 1. The van der Waals surface area contributed by atoms with Crippen molar-refractivity contribution in [3.63, 3.8) is 0 Å². The molecule has 0 aliphatic carbocycles. The van der Waals surface area contributed by atoms with Gasteiger partial charge in [0.2, 0.25) is 0 Å². The lowest BCUT2D eigenvalue weighted by atomic mass is 10.2. The first-order valence-corrected chi connectivity index (χ1v) is 6.75. The molecule has 0 bridgehead atoms. The Hall–Kier alpha value is -1.74. The number of hydrogen-bond donors (Lipinski definition) is 2. The van der Waals surface area contributed by atoms with Crippen molar-refractivity contribution in [1.29, 1.82) is 0 Å². The summed E-state index contributed by atoms with van der Waals surface area (Å²) in [5.74, 6) is 0. The lowest BCUT2D eigenvalue weighted by Gasteiger charge is -2.09. The molecule has 1 heterocycles. The molecule has 0 radical (unpaired) electrons. The fraction of sp³-hybridized carbons (Fsp3) is 0.375. The van der Waals surface area contributed by atoms with Gasteiger partial charge in [0.05, 0.1) is 6.61 Å². The Labute approximate surface area is 114 Å². The second-order valence-electron chi connectivity index (χ2n) is 4.85. The Kier molecular flexibility index (Phi) is 4.27. The largest absolute Gasteiger partial charge is 0.392 e. The zero-order valence-electron chi connectivity index (χ0n) is 11.9. The van der Waals surface area contributed by atoms with Crippen molar-refractivity contribution < 1.29 is 5.11 Å². The molecule has 0 unspecified atom stereocenters. The molecular weight excluding hydrogens is 236 g/mol. The fourth-order valence-corrected chi connectivity index (χ4v) is 2.51. The normalized spacial score (nSPS) is 10.7. The molecule has 0 fully saturated rings. The molecule has 1 aromatic heterocycles. The van der Waals surface area contributed by atoms with Gasteiger partial charge in [-0.3, -0.25) is 0 Å². The minimum atomic E-state index is 0.0832. The van der Waals surface area contributed by atoms with Crippen LogP contribution in [0.15, 0.2) is 30.3 Å². The molecule has 1 aromatic carbocycles. The minimum Gasteiger partial charge on any atom is -0.392 e. The summed E-state index contributed by atoms with van der Waals surface area (Å²) < 4.78 is 2.32. The van der Waals surface area contributed by atoms with Crippen LogP contribution in [0.1, 0.15) is 29.4 Å². The van der Waals surface area contributed by atoms with Gasteiger partial charge in [-0.15, -0.1) is 0 Å². The van der Waals surface area contributed by atoms with Gasteiger partial charge >= 0.3 is 0 Å². The van der Waals surface area contributed by atoms with Crippen LogP contribution in [0.4, 0.5) is 5.69 Å². The third-order valence-corrected chi connectivity index (χ3v) is 3.59. The number of rotatable bonds is 5. The lowest BCUT2D eigenvalue weighted by Crippen LogP contribution is -2.03. The third-order valence-electron chi connectivity index (χ3n) is 3.59. The third kappa shape index (κ3) is 2.99. The Morgan fingerprint density at radius 2 is 2.00 bits per heavy atom. The highest BCUT2D eigenvalue weighted by molar-refractivity contribution is 5.46. The molecule has 3 nitrogen and oxygen atoms in total. The number of aryl methyl sites for hydroxylation is 1. The van der Waals surface area contributed by atoms with Gasteiger partial charge in [0.25, 0.3) is 0 Å². The second-order valence-corrected chi connectivity index (χ2v) is 4.85. The quantitative estimate of drug-likeness (QED) is 0.864. The summed E-state index contributed by atoms with van der Waals surface area (Å²) in [6.07, 6.45) is 0. The topological polar surface area (TPSA) is 37.2 Å². The van der Waals surface area contributed by atoms with E-state index in [-0.39, 0.29) is 6.61 Å². The smallest absolute Gasteiger partial charge is 0.0682 e. The number of nitrogens with zero attached hydrogens (tertiary/aromatic N) is 1. The minimum absolute atomic E-state index is 0.0832. The van der Waals surface area contributed by atoms with Crippen molar-refractivity contribution in [2.45, 2.75) is 40.5 Å². The van der Waals surface area contributed by atoms with E-state index in [4.69, 9.17) is 5.11 Å². The van der Waals surface area contributed by atoms with E-state index in [0.29, 0.717) is 0 Å². The Morgan fingerprint density at radius 1 is 1.21 bits per heavy atom. The van der Waals surface area contributed by atoms with Crippen LogP contribution in [0.5, 0.6) is 0 Å². The molecule has 0 amide bonds. The molecule has 3 heteroatoms. The molecule has 19 heavy (non-hydrogen) atoms. The number of hydrogen-bond acceptors (Lipinski definition) is 2. The zero-order valence-corrected chi connectivity index (χ0v) is 11.9. The molecule has 0 spiro atoms. The van der Waals surface area contributed by atoms with Gasteiger partial charge in [-0.05, 0) is 50.1 Å². The number of nitrogens with one attached hydrogen (secondary N) is 1. The number of aliphatic hydroxyl groups excluding tert-OH is 1. The fourth-order valence-electron chi connectivity index (χ4n) is 2.51. The highest BCUT2D eigenvalue weighted by Gasteiger charge is 2.07. The van der Waals surface area contributed by atoms with Crippen LogP contribution >= 0.6 is 0 Å². The van der Waals surface area contributed by atoms with Crippen molar-refractivity contribution in [3.05, 3.63) is 52.8 Å². The maximum absolute atomic E-state index is 9.13. The summed E-state index contributed by atoms with van der Waals surface area (Å²) in [5, 5.41) is 12.5. The van der Waals surface area contributed by atoms with E-state index in [1.54, 1.807) is 0 Å². The van der Waals surface area contributed by atoms with E-state index in [1.807, 2.05) is 24.3 Å². The van der Waals surface area contributed by atoms with E-state index < -0.39 is 0 Å². The summed E-state index contributed by atoms with van der Waals surface area (Å²) in [4.78, 5) is 0. The molecule has 102 valence electrons. The molecule has 2 N–H and O–H groups in total. The maximum Gasteiger partial charge on any atom is 0.0682 e. The zero-order chi connectivity index (χ0) is 13.8. The van der Waals surface area contributed by atoms with E-state index in [1.165, 1.54) is 17.0 Å². The summed E-state index contributed by atoms with van der Waals surface area (Å²) in [6, 6.07) is 10.1. The van der Waals surface area contributed by atoms with Gasteiger partial charge in [0.1, 0.15) is 0 Å². The molecule has 0 aliphatic heterocycles. The van der Waals surface area contributed by atoms with Crippen molar-refractivity contribution in [2.24, 2.45) is 0 Å². The molecule has 0 saturated heterocycles. The van der Waals surface area contributed by atoms with E-state index in [0.717, 1.165) is 24.3 Å². The molecule has 2 aromatic rings. The Bertz CT molecular complexity index is 558. The number of aromatic nitrogens is 1. The predicted octanol–water partition coefficient (Wildman–Crippen LogP) is 3.23. The summed E-state index contributed by atoms with van der Waals surface area (Å²) >= 11 is 0. The summed E-state index contributed by atoms with van der Waals surface area (Å²) in [5.41, 5.74) is 5.94. The molecule has 0 atom stereocenters. The monoisotopic (exact) mass is 258 g/mol. The van der Waals surface area contributed by atoms with Crippen LogP contribution in [-0.2, 0) is 19.7 Å². The van der Waals surface area contributed by atoms with Gasteiger partial charge in [0.15, 0.2) is 0 Å². The highest BCUT2D eigenvalue weighted by atomic mass is 16.3. The van der Waals surface area contributed by atoms with Crippen LogP contribution < -0.4 is 5.32 Å². The van der Waals surface area contributed by atoms with Crippen LogP contribution in [-0.4, -0.2) is 9.67 Å². The summed E-state index contributed by atoms with van der Waals surface area (Å²) in [7, 11) is 0. The summed E-state index contributed by atoms with van der Waals surface area (Å²) in [6.45, 7) is 8.39. The lowest BCUT2D eigenvalue weighted by molar-refractivity contribution is 0.282. The first-order chi connectivity index (χ1) is 9.15. The second kappa shape index (κ2) is 5.93. The predicted molar refractivity (Wildman–Crippen MR) is 79.3 cm³/mol. The van der Waals surface area contributed by atoms with Crippen LogP contribution in [0.25, 0.3) is 0 Å². The Morgan fingerprint density at radius 3 is 2.63 bits per heavy atom.